The molecule has 1 amide bonds. The molecule has 1 aromatic carbocycles. The summed E-state index contributed by atoms with van der Waals surface area (Å²) in [5.74, 6) is 1.16. The molecule has 0 saturated carbocycles. The maximum absolute atomic E-state index is 13.8. The number of amides is 1. The van der Waals surface area contributed by atoms with Crippen LogP contribution in [0.25, 0.3) is 11.0 Å². The van der Waals surface area contributed by atoms with E-state index < -0.39 is 0 Å². The Labute approximate surface area is 210 Å². The number of nitrogens with zero attached hydrogens (tertiary/aromatic N) is 6. The van der Waals surface area contributed by atoms with E-state index in [0.717, 1.165) is 92.3 Å². The average molecular weight is 497 g/mol. The Hall–Kier alpha value is -2.52. The normalized spacial score (nSPS) is 18.4. The first-order valence-corrected chi connectivity index (χ1v) is 13.7. The monoisotopic (exact) mass is 496 g/mol. The van der Waals surface area contributed by atoms with Crippen LogP contribution >= 0.6 is 11.8 Å². The zero-order valence-corrected chi connectivity index (χ0v) is 21.1. The zero-order valence-electron chi connectivity index (χ0n) is 20.3. The summed E-state index contributed by atoms with van der Waals surface area (Å²) >= 11 is 1.74. The number of imidazole rings is 1. The van der Waals surface area contributed by atoms with Crippen LogP contribution in [0.15, 0.2) is 41.8 Å². The molecule has 186 valence electrons. The number of benzene rings is 1. The van der Waals surface area contributed by atoms with Gasteiger partial charge in [-0.15, -0.1) is 0 Å². The van der Waals surface area contributed by atoms with Crippen LogP contribution in [0, 0.1) is 11.7 Å². The van der Waals surface area contributed by atoms with Gasteiger partial charge < -0.3 is 9.47 Å². The lowest BCUT2D eigenvalue weighted by Gasteiger charge is -2.38. The smallest absolute Gasteiger partial charge is 0.225 e. The summed E-state index contributed by atoms with van der Waals surface area (Å²) in [7, 11) is 0. The number of carbonyl (C=O) groups is 1. The summed E-state index contributed by atoms with van der Waals surface area (Å²) < 4.78 is 16.1. The lowest BCUT2D eigenvalue weighted by atomic mass is 9.93. The maximum Gasteiger partial charge on any atom is 0.225 e. The molecular formula is C26H33FN6OS. The van der Waals surface area contributed by atoms with Crippen LogP contribution in [0.5, 0.6) is 0 Å². The number of carbonyl (C=O) groups excluding carboxylic acids is 1. The van der Waals surface area contributed by atoms with Gasteiger partial charge >= 0.3 is 0 Å². The number of hydrogen-bond donors (Lipinski definition) is 0. The van der Waals surface area contributed by atoms with Crippen LogP contribution in [-0.4, -0.2) is 67.4 Å². The molecule has 5 rings (SSSR count). The third-order valence-corrected chi connectivity index (χ3v) is 8.34. The molecule has 0 atom stereocenters. The Bertz CT molecular complexity index is 1140. The zero-order chi connectivity index (χ0) is 24.2. The van der Waals surface area contributed by atoms with Crippen LogP contribution in [0.1, 0.15) is 50.6 Å². The van der Waals surface area contributed by atoms with E-state index in [1.807, 2.05) is 18.3 Å². The van der Waals surface area contributed by atoms with Crippen molar-refractivity contribution < 1.29 is 9.18 Å². The standard InChI is InChI=1S/C26H33FN6OS/c1-2-15-35-26-30-23-16-21(27)3-4-24(23)33(26)22-8-13-32(14-9-22)25(34)20-6-11-31(12-7-20)18-19-5-10-28-29-17-19/h3-5,10,16-17,20,22H,2,6-9,11-15,18H2,1H3. The molecule has 2 aliphatic heterocycles. The van der Waals surface area contributed by atoms with Crippen molar-refractivity contribution in [2.75, 3.05) is 31.9 Å². The lowest BCUT2D eigenvalue weighted by molar-refractivity contribution is -0.138. The Kier molecular flexibility index (Phi) is 7.63. The first-order chi connectivity index (χ1) is 17.1. The van der Waals surface area contributed by atoms with Crippen molar-refractivity contribution in [3.05, 3.63) is 48.0 Å². The predicted octanol–water partition coefficient (Wildman–Crippen LogP) is 4.54. The van der Waals surface area contributed by atoms with E-state index in [1.165, 1.54) is 12.1 Å². The second kappa shape index (κ2) is 11.0. The predicted molar refractivity (Wildman–Crippen MR) is 136 cm³/mol. The van der Waals surface area contributed by atoms with Gasteiger partial charge in [-0.1, -0.05) is 18.7 Å². The second-order valence-corrected chi connectivity index (χ2v) is 10.7. The van der Waals surface area contributed by atoms with E-state index in [9.17, 15) is 9.18 Å². The highest BCUT2D eigenvalue weighted by Crippen LogP contribution is 2.34. The number of rotatable bonds is 7. The van der Waals surface area contributed by atoms with E-state index >= 15 is 0 Å². The third-order valence-electron chi connectivity index (χ3n) is 7.18. The summed E-state index contributed by atoms with van der Waals surface area (Å²) in [6.45, 7) is 6.43. The first kappa shape index (κ1) is 24.2. The molecule has 0 N–H and O–H groups in total. The first-order valence-electron chi connectivity index (χ1n) is 12.7. The molecule has 7 nitrogen and oxygen atoms in total. The average Bonchev–Trinajstić information content (AvgIpc) is 3.25. The fraction of sp³-hybridized carbons (Fsp3) is 0.538. The van der Waals surface area contributed by atoms with E-state index in [0.29, 0.717) is 5.91 Å². The number of piperidine rings is 2. The van der Waals surface area contributed by atoms with Gasteiger partial charge in [0.1, 0.15) is 5.82 Å². The molecule has 9 heteroatoms. The quantitative estimate of drug-likeness (QED) is 0.448. The van der Waals surface area contributed by atoms with Gasteiger partial charge in [-0.3, -0.25) is 9.69 Å². The Morgan fingerprint density at radius 1 is 1.09 bits per heavy atom. The van der Waals surface area contributed by atoms with Gasteiger partial charge in [0, 0.05) is 49.6 Å². The molecule has 2 saturated heterocycles. The molecule has 0 bridgehead atoms. The number of thioether (sulfide) groups is 1. The molecule has 3 aromatic rings. The number of fused-ring (bicyclic) bond motifs is 1. The van der Waals surface area contributed by atoms with Crippen molar-refractivity contribution in [1.29, 1.82) is 0 Å². The fourth-order valence-corrected chi connectivity index (χ4v) is 6.24. The van der Waals surface area contributed by atoms with Crippen molar-refractivity contribution in [2.45, 2.75) is 56.8 Å². The Morgan fingerprint density at radius 2 is 1.89 bits per heavy atom. The van der Waals surface area contributed by atoms with Gasteiger partial charge in [0.25, 0.3) is 0 Å². The summed E-state index contributed by atoms with van der Waals surface area (Å²) in [6, 6.07) is 7.18. The van der Waals surface area contributed by atoms with Crippen LogP contribution in [0.4, 0.5) is 4.39 Å². The van der Waals surface area contributed by atoms with E-state index in [-0.39, 0.29) is 17.8 Å². The third kappa shape index (κ3) is 5.51. The number of likely N-dealkylation sites (tertiary alicyclic amines) is 2. The Morgan fingerprint density at radius 3 is 2.60 bits per heavy atom. The highest BCUT2D eigenvalue weighted by molar-refractivity contribution is 7.99. The maximum atomic E-state index is 13.8. The van der Waals surface area contributed by atoms with Gasteiger partial charge in [-0.05, 0) is 69.0 Å². The highest BCUT2D eigenvalue weighted by Gasteiger charge is 2.32. The number of aromatic nitrogens is 4. The molecule has 0 aliphatic carbocycles. The molecule has 4 heterocycles. The van der Waals surface area contributed by atoms with Gasteiger partial charge in [0.15, 0.2) is 5.16 Å². The van der Waals surface area contributed by atoms with Crippen molar-refractivity contribution in [2.24, 2.45) is 5.92 Å². The summed E-state index contributed by atoms with van der Waals surface area (Å²) in [5, 5.41) is 8.77. The van der Waals surface area contributed by atoms with E-state index in [4.69, 9.17) is 4.98 Å². The molecule has 2 fully saturated rings. The summed E-state index contributed by atoms with van der Waals surface area (Å²) in [5.41, 5.74) is 2.88. The minimum atomic E-state index is -0.252. The van der Waals surface area contributed by atoms with Crippen molar-refractivity contribution >= 4 is 28.7 Å². The van der Waals surface area contributed by atoms with Gasteiger partial charge in [-0.25, -0.2) is 9.37 Å². The van der Waals surface area contributed by atoms with Crippen LogP contribution < -0.4 is 0 Å². The van der Waals surface area contributed by atoms with Crippen molar-refractivity contribution in [3.63, 3.8) is 0 Å². The summed E-state index contributed by atoms with van der Waals surface area (Å²) in [4.78, 5) is 22.5. The molecule has 2 aromatic heterocycles. The molecule has 0 spiro atoms. The van der Waals surface area contributed by atoms with E-state index in [2.05, 4.69) is 31.5 Å². The van der Waals surface area contributed by atoms with Crippen LogP contribution in [0.2, 0.25) is 0 Å². The second-order valence-electron chi connectivity index (χ2n) is 9.60. The minimum Gasteiger partial charge on any atom is -0.342 e. The fourth-order valence-electron chi connectivity index (χ4n) is 5.31. The molecule has 2 aliphatic rings. The SMILES string of the molecule is CCCSc1nc2cc(F)ccc2n1C1CCN(C(=O)C2CCN(Cc3ccnnc3)CC2)CC1. The van der Waals surface area contributed by atoms with Crippen LogP contribution in [-0.2, 0) is 11.3 Å². The minimum absolute atomic E-state index is 0.117. The van der Waals surface area contributed by atoms with Gasteiger partial charge in [-0.2, -0.15) is 10.2 Å². The van der Waals surface area contributed by atoms with Gasteiger partial charge in [0.05, 0.1) is 17.2 Å². The van der Waals surface area contributed by atoms with Crippen LogP contribution in [0.3, 0.4) is 0 Å². The molecule has 35 heavy (non-hydrogen) atoms. The van der Waals surface area contributed by atoms with Crippen molar-refractivity contribution in [3.8, 4) is 0 Å². The molecule has 0 unspecified atom stereocenters. The molecule has 0 radical (unpaired) electrons. The van der Waals surface area contributed by atoms with E-state index in [1.54, 1.807) is 18.0 Å². The Balaban J connectivity index is 1.18. The highest BCUT2D eigenvalue weighted by atomic mass is 32.2. The largest absolute Gasteiger partial charge is 0.342 e. The lowest BCUT2D eigenvalue weighted by Crippen LogP contribution is -2.45. The molecular weight excluding hydrogens is 463 g/mol. The topological polar surface area (TPSA) is 67.2 Å². The van der Waals surface area contributed by atoms with Crippen molar-refractivity contribution in [1.82, 2.24) is 29.5 Å². The van der Waals surface area contributed by atoms with Gasteiger partial charge in [0.2, 0.25) is 5.91 Å². The number of hydrogen-bond acceptors (Lipinski definition) is 6. The number of halogens is 1. The summed E-state index contributed by atoms with van der Waals surface area (Å²) in [6.07, 6.45) is 8.23.